The van der Waals surface area contributed by atoms with Crippen LogP contribution in [0.15, 0.2) is 24.3 Å². The molecule has 1 atom stereocenters. The molecule has 1 aromatic carbocycles. The summed E-state index contributed by atoms with van der Waals surface area (Å²) in [5.41, 5.74) is 3.76. The van der Waals surface area contributed by atoms with Crippen molar-refractivity contribution in [1.29, 1.82) is 0 Å². The monoisotopic (exact) mass is 268 g/mol. The molecule has 3 heterocycles. The summed E-state index contributed by atoms with van der Waals surface area (Å²) in [6.45, 7) is 5.42. The van der Waals surface area contributed by atoms with Crippen LogP contribution in [0.2, 0.25) is 0 Å². The molecule has 0 amide bonds. The van der Waals surface area contributed by atoms with Crippen molar-refractivity contribution in [2.24, 2.45) is 5.41 Å². The normalized spacial score (nSPS) is 24.5. The molecule has 0 bridgehead atoms. The van der Waals surface area contributed by atoms with E-state index in [1.165, 1.54) is 16.6 Å². The number of nitrogens with zero attached hydrogens (tertiary/aromatic N) is 1. The predicted octanol–water partition coefficient (Wildman–Crippen LogP) is 3.29. The van der Waals surface area contributed by atoms with E-state index in [1.807, 2.05) is 10.6 Å². The van der Waals surface area contributed by atoms with Gasteiger partial charge in [-0.1, -0.05) is 32.0 Å². The third-order valence-electron chi connectivity index (χ3n) is 4.75. The van der Waals surface area contributed by atoms with Crippen LogP contribution >= 0.6 is 0 Å². The average Bonchev–Trinajstić information content (AvgIpc) is 2.68. The zero-order chi connectivity index (χ0) is 13.9. The Bertz CT molecular complexity index is 711. The largest absolute Gasteiger partial charge is 0.308 e. The smallest absolute Gasteiger partial charge is 0.231 e. The summed E-state index contributed by atoms with van der Waals surface area (Å²) in [5.74, 6) is 0.249. The van der Waals surface area contributed by atoms with Gasteiger partial charge in [-0.2, -0.15) is 0 Å². The lowest BCUT2D eigenvalue weighted by Gasteiger charge is -2.29. The minimum Gasteiger partial charge on any atom is -0.308 e. The summed E-state index contributed by atoms with van der Waals surface area (Å²) in [6, 6.07) is 8.66. The Balaban J connectivity index is 2.06. The Morgan fingerprint density at radius 2 is 2.10 bits per heavy atom. The Kier molecular flexibility index (Phi) is 2.40. The fourth-order valence-electron chi connectivity index (χ4n) is 3.97. The number of carbonyl (C=O) groups excluding carboxylic acids is 1. The van der Waals surface area contributed by atoms with E-state index in [1.54, 1.807) is 0 Å². The van der Waals surface area contributed by atoms with Crippen molar-refractivity contribution in [3.63, 3.8) is 0 Å². The number of hydrogen-bond donors (Lipinski definition) is 1. The fourth-order valence-corrected chi connectivity index (χ4v) is 3.97. The molecule has 0 radical (unpaired) electrons. The number of rotatable bonds is 0. The SMILES string of the molecule is CC1(C)CC(=O)n2c3c(c4ccccc42)CCNC3C1. The van der Waals surface area contributed by atoms with E-state index in [9.17, 15) is 4.79 Å². The van der Waals surface area contributed by atoms with Crippen molar-refractivity contribution in [2.45, 2.75) is 39.2 Å². The Hall–Kier alpha value is -1.61. The number of hydrogen-bond acceptors (Lipinski definition) is 2. The van der Waals surface area contributed by atoms with Gasteiger partial charge in [-0.3, -0.25) is 9.36 Å². The summed E-state index contributed by atoms with van der Waals surface area (Å²) in [6.07, 6.45) is 2.67. The first-order valence-corrected chi connectivity index (χ1v) is 7.46. The van der Waals surface area contributed by atoms with Gasteiger partial charge in [0.1, 0.15) is 0 Å². The molecule has 3 nitrogen and oxygen atoms in total. The zero-order valence-corrected chi connectivity index (χ0v) is 12.1. The summed E-state index contributed by atoms with van der Waals surface area (Å²) in [7, 11) is 0. The number of nitrogens with one attached hydrogen (secondary N) is 1. The van der Waals surface area contributed by atoms with Crippen LogP contribution in [-0.2, 0) is 6.42 Å². The van der Waals surface area contributed by atoms with Crippen LogP contribution < -0.4 is 5.32 Å². The maximum atomic E-state index is 12.8. The molecule has 2 aromatic rings. The molecule has 2 aliphatic rings. The number of para-hydroxylation sites is 1. The number of fused-ring (bicyclic) bond motifs is 3. The second kappa shape index (κ2) is 3.95. The molecule has 2 aliphatic heterocycles. The van der Waals surface area contributed by atoms with Crippen LogP contribution in [0, 0.1) is 5.41 Å². The lowest BCUT2D eigenvalue weighted by molar-refractivity contribution is 0.0860. The van der Waals surface area contributed by atoms with Gasteiger partial charge in [0.2, 0.25) is 5.91 Å². The van der Waals surface area contributed by atoms with Crippen LogP contribution in [0.1, 0.15) is 48.8 Å². The van der Waals surface area contributed by atoms with Gasteiger partial charge in [0.05, 0.1) is 5.52 Å². The molecular formula is C17H20N2O. The van der Waals surface area contributed by atoms with Gasteiger partial charge in [0, 0.05) is 23.5 Å². The van der Waals surface area contributed by atoms with E-state index < -0.39 is 0 Å². The number of carbonyl (C=O) groups is 1. The molecule has 1 N–H and O–H groups in total. The molecule has 0 saturated carbocycles. The van der Waals surface area contributed by atoms with Gasteiger partial charge in [-0.25, -0.2) is 0 Å². The summed E-state index contributed by atoms with van der Waals surface area (Å²) in [5, 5.41) is 4.89. The van der Waals surface area contributed by atoms with E-state index in [0.29, 0.717) is 12.5 Å². The molecule has 4 rings (SSSR count). The first kappa shape index (κ1) is 12.2. The van der Waals surface area contributed by atoms with Crippen LogP contribution in [0.25, 0.3) is 10.9 Å². The maximum Gasteiger partial charge on any atom is 0.231 e. The van der Waals surface area contributed by atoms with Gasteiger partial charge >= 0.3 is 0 Å². The highest BCUT2D eigenvalue weighted by molar-refractivity contribution is 5.97. The fraction of sp³-hybridized carbons (Fsp3) is 0.471. The standard InChI is InChI=1S/C17H20N2O/c1-17(2)9-13-16-12(7-8-18-13)11-5-3-4-6-14(11)19(16)15(20)10-17/h3-6,13,18H,7-10H2,1-2H3. The van der Waals surface area contributed by atoms with Crippen molar-refractivity contribution in [2.75, 3.05) is 6.54 Å². The first-order valence-electron chi connectivity index (χ1n) is 7.46. The molecular weight excluding hydrogens is 248 g/mol. The average molecular weight is 268 g/mol. The van der Waals surface area contributed by atoms with E-state index in [-0.39, 0.29) is 11.3 Å². The third-order valence-corrected chi connectivity index (χ3v) is 4.75. The summed E-state index contributed by atoms with van der Waals surface area (Å²) < 4.78 is 2.00. The minimum atomic E-state index is 0.0590. The molecule has 0 fully saturated rings. The molecule has 1 unspecified atom stereocenters. The van der Waals surface area contributed by atoms with Crippen LogP contribution in [-0.4, -0.2) is 17.0 Å². The Morgan fingerprint density at radius 3 is 2.95 bits per heavy atom. The van der Waals surface area contributed by atoms with E-state index in [4.69, 9.17) is 0 Å². The van der Waals surface area contributed by atoms with Crippen molar-refractivity contribution in [3.05, 3.63) is 35.5 Å². The van der Waals surface area contributed by atoms with Gasteiger partial charge in [-0.05, 0) is 36.4 Å². The van der Waals surface area contributed by atoms with Gasteiger partial charge < -0.3 is 5.32 Å². The second-order valence-electron chi connectivity index (χ2n) is 6.91. The predicted molar refractivity (Wildman–Crippen MR) is 80.0 cm³/mol. The molecule has 0 aliphatic carbocycles. The minimum absolute atomic E-state index is 0.0590. The van der Waals surface area contributed by atoms with Crippen molar-refractivity contribution < 1.29 is 4.79 Å². The summed E-state index contributed by atoms with van der Waals surface area (Å²) in [4.78, 5) is 12.8. The molecule has 1 aromatic heterocycles. The zero-order valence-electron chi connectivity index (χ0n) is 12.1. The van der Waals surface area contributed by atoms with E-state index in [2.05, 4.69) is 37.4 Å². The van der Waals surface area contributed by atoms with Crippen molar-refractivity contribution in [3.8, 4) is 0 Å². The van der Waals surface area contributed by atoms with Crippen LogP contribution in [0.3, 0.4) is 0 Å². The third kappa shape index (κ3) is 1.59. The summed E-state index contributed by atoms with van der Waals surface area (Å²) >= 11 is 0. The van der Waals surface area contributed by atoms with Crippen LogP contribution in [0.4, 0.5) is 0 Å². The van der Waals surface area contributed by atoms with Crippen molar-refractivity contribution >= 4 is 16.8 Å². The molecule has 0 saturated heterocycles. The highest BCUT2D eigenvalue weighted by atomic mass is 16.2. The van der Waals surface area contributed by atoms with Gasteiger partial charge in [-0.15, -0.1) is 0 Å². The Labute approximate surface area is 119 Å². The van der Waals surface area contributed by atoms with Gasteiger partial charge in [0.25, 0.3) is 0 Å². The first-order chi connectivity index (χ1) is 9.57. The van der Waals surface area contributed by atoms with Crippen LogP contribution in [0.5, 0.6) is 0 Å². The number of aromatic nitrogens is 1. The lowest BCUT2D eigenvalue weighted by atomic mass is 9.81. The van der Waals surface area contributed by atoms with E-state index >= 15 is 0 Å². The molecule has 3 heteroatoms. The number of benzene rings is 1. The van der Waals surface area contributed by atoms with Gasteiger partial charge in [0.15, 0.2) is 0 Å². The van der Waals surface area contributed by atoms with Crippen molar-refractivity contribution in [1.82, 2.24) is 9.88 Å². The highest BCUT2D eigenvalue weighted by Crippen LogP contribution is 2.43. The Morgan fingerprint density at radius 1 is 1.30 bits per heavy atom. The maximum absolute atomic E-state index is 12.8. The second-order valence-corrected chi connectivity index (χ2v) is 6.91. The quantitative estimate of drug-likeness (QED) is 0.795. The lowest BCUT2D eigenvalue weighted by Crippen LogP contribution is -2.32. The molecule has 104 valence electrons. The van der Waals surface area contributed by atoms with E-state index in [0.717, 1.165) is 24.9 Å². The topological polar surface area (TPSA) is 34.0 Å². The highest BCUT2D eigenvalue weighted by Gasteiger charge is 2.38. The molecule has 0 spiro atoms. The molecule has 20 heavy (non-hydrogen) atoms.